The molecule has 5 aromatic rings. The largest absolute Gasteiger partial charge is 0.329 e. The molecule has 0 atom stereocenters. The first-order valence-corrected chi connectivity index (χ1v) is 12.9. The summed E-state index contributed by atoms with van der Waals surface area (Å²) in [4.78, 5) is 28.3. The normalized spacial score (nSPS) is 10.9. The number of carbonyl (C=O) groups is 2. The van der Waals surface area contributed by atoms with Gasteiger partial charge in [-0.2, -0.15) is 5.10 Å². The van der Waals surface area contributed by atoms with E-state index in [1.54, 1.807) is 15.6 Å². The molecule has 1 N–H and O–H groups in total. The van der Waals surface area contributed by atoms with Crippen molar-refractivity contribution >= 4 is 40.0 Å². The number of halogens is 1. The van der Waals surface area contributed by atoms with Gasteiger partial charge in [-0.1, -0.05) is 91.3 Å². The molecule has 0 aliphatic carbocycles. The van der Waals surface area contributed by atoms with Crippen molar-refractivity contribution in [1.29, 1.82) is 0 Å². The zero-order valence-electron chi connectivity index (χ0n) is 21.0. The number of fused-ring (bicyclic) bond motifs is 1. The van der Waals surface area contributed by atoms with Crippen molar-refractivity contribution < 1.29 is 9.59 Å². The SMILES string of the molecule is CCCN(CC(=O)Nc1cc(-c2ccccc2)nn1-c1ccccc1Cl)C(=O)c1ccc2ccccc2c1. The standard InChI is InChI=1S/C31H27ClN4O2/c1-2-18-35(31(38)25-17-16-22-10-6-7-13-24(22)19-25)21-30(37)33-29-20-27(23-11-4-3-5-12-23)34-36(29)28-15-9-8-14-26(28)32/h3-17,19-20H,2,18,21H2,1H3,(H,33,37). The molecule has 0 saturated carbocycles. The minimum absolute atomic E-state index is 0.0894. The first-order chi connectivity index (χ1) is 18.5. The molecular formula is C31H27ClN4O2. The molecule has 0 fully saturated rings. The van der Waals surface area contributed by atoms with Gasteiger partial charge in [-0.05, 0) is 41.5 Å². The van der Waals surface area contributed by atoms with Crippen molar-refractivity contribution in [3.63, 3.8) is 0 Å². The molecule has 0 saturated heterocycles. The quantitative estimate of drug-likeness (QED) is 0.243. The van der Waals surface area contributed by atoms with Crippen molar-refractivity contribution in [3.8, 4) is 16.9 Å². The average molecular weight is 523 g/mol. The molecule has 0 spiro atoms. The highest BCUT2D eigenvalue weighted by Crippen LogP contribution is 2.28. The van der Waals surface area contributed by atoms with E-state index < -0.39 is 0 Å². The highest BCUT2D eigenvalue weighted by molar-refractivity contribution is 6.32. The number of carbonyl (C=O) groups excluding carboxylic acids is 2. The molecule has 1 aromatic heterocycles. The fraction of sp³-hybridized carbons (Fsp3) is 0.129. The Balaban J connectivity index is 1.41. The summed E-state index contributed by atoms with van der Waals surface area (Å²) in [5, 5.41) is 10.2. The molecule has 0 aliphatic heterocycles. The maximum absolute atomic E-state index is 13.4. The Morgan fingerprint density at radius 2 is 1.58 bits per heavy atom. The predicted octanol–water partition coefficient (Wildman–Crippen LogP) is 6.84. The number of nitrogens with zero attached hydrogens (tertiary/aromatic N) is 3. The smallest absolute Gasteiger partial charge is 0.254 e. The van der Waals surface area contributed by atoms with E-state index in [2.05, 4.69) is 5.32 Å². The summed E-state index contributed by atoms with van der Waals surface area (Å²) in [5.41, 5.74) is 2.80. The summed E-state index contributed by atoms with van der Waals surface area (Å²) in [6, 6.07) is 32.3. The summed E-state index contributed by atoms with van der Waals surface area (Å²) < 4.78 is 1.62. The van der Waals surface area contributed by atoms with Crippen LogP contribution in [0, 0.1) is 0 Å². The van der Waals surface area contributed by atoms with Gasteiger partial charge >= 0.3 is 0 Å². The molecular weight excluding hydrogens is 496 g/mol. The fourth-order valence-electron chi connectivity index (χ4n) is 4.41. The lowest BCUT2D eigenvalue weighted by atomic mass is 10.1. The van der Waals surface area contributed by atoms with E-state index >= 15 is 0 Å². The van der Waals surface area contributed by atoms with Gasteiger partial charge in [0.2, 0.25) is 5.91 Å². The summed E-state index contributed by atoms with van der Waals surface area (Å²) in [6.07, 6.45) is 0.725. The van der Waals surface area contributed by atoms with Crippen LogP contribution in [0.4, 0.5) is 5.82 Å². The van der Waals surface area contributed by atoms with Gasteiger partial charge < -0.3 is 10.2 Å². The van der Waals surface area contributed by atoms with Gasteiger partial charge in [0.25, 0.3) is 5.91 Å². The Morgan fingerprint density at radius 1 is 0.868 bits per heavy atom. The zero-order valence-corrected chi connectivity index (χ0v) is 21.7. The van der Waals surface area contributed by atoms with Crippen LogP contribution >= 0.6 is 11.6 Å². The van der Waals surface area contributed by atoms with Crippen LogP contribution < -0.4 is 5.32 Å². The number of anilines is 1. The summed E-state index contributed by atoms with van der Waals surface area (Å²) in [6.45, 7) is 2.35. The van der Waals surface area contributed by atoms with Gasteiger partial charge in [-0.15, -0.1) is 0 Å². The molecule has 7 heteroatoms. The highest BCUT2D eigenvalue weighted by atomic mass is 35.5. The topological polar surface area (TPSA) is 67.2 Å². The van der Waals surface area contributed by atoms with Crippen molar-refractivity contribution in [3.05, 3.63) is 114 Å². The van der Waals surface area contributed by atoms with Gasteiger partial charge in [0.1, 0.15) is 12.4 Å². The zero-order chi connectivity index (χ0) is 26.5. The second kappa shape index (κ2) is 11.3. The van der Waals surface area contributed by atoms with E-state index in [0.717, 1.165) is 22.8 Å². The van der Waals surface area contributed by atoms with Crippen LogP contribution in [-0.2, 0) is 4.79 Å². The van der Waals surface area contributed by atoms with Gasteiger partial charge in [0.05, 0.1) is 16.4 Å². The van der Waals surface area contributed by atoms with Gasteiger partial charge in [0.15, 0.2) is 0 Å². The van der Waals surface area contributed by atoms with E-state index in [-0.39, 0.29) is 18.4 Å². The van der Waals surface area contributed by atoms with E-state index in [4.69, 9.17) is 16.7 Å². The molecule has 0 bridgehead atoms. The third kappa shape index (κ3) is 5.45. The maximum Gasteiger partial charge on any atom is 0.254 e. The second-order valence-corrected chi connectivity index (χ2v) is 9.39. The third-order valence-electron chi connectivity index (χ3n) is 6.24. The summed E-state index contributed by atoms with van der Waals surface area (Å²) in [7, 11) is 0. The van der Waals surface area contributed by atoms with Crippen molar-refractivity contribution in [2.45, 2.75) is 13.3 Å². The Hall–Kier alpha value is -4.42. The Morgan fingerprint density at radius 3 is 2.34 bits per heavy atom. The molecule has 4 aromatic carbocycles. The number of hydrogen-bond donors (Lipinski definition) is 1. The van der Waals surface area contributed by atoms with Crippen LogP contribution in [0.2, 0.25) is 5.02 Å². The first-order valence-electron chi connectivity index (χ1n) is 12.5. The van der Waals surface area contributed by atoms with Gasteiger partial charge in [-0.3, -0.25) is 9.59 Å². The maximum atomic E-state index is 13.4. The lowest BCUT2D eigenvalue weighted by Crippen LogP contribution is -2.38. The van der Waals surface area contributed by atoms with E-state index in [9.17, 15) is 9.59 Å². The lowest BCUT2D eigenvalue weighted by Gasteiger charge is -2.22. The summed E-state index contributed by atoms with van der Waals surface area (Å²) >= 11 is 6.47. The second-order valence-electron chi connectivity index (χ2n) is 8.98. The number of hydrogen-bond acceptors (Lipinski definition) is 3. The Bertz CT molecular complexity index is 1600. The number of benzene rings is 4. The first kappa shape index (κ1) is 25.2. The number of rotatable bonds is 8. The van der Waals surface area contributed by atoms with Gasteiger partial charge in [-0.25, -0.2) is 4.68 Å². The van der Waals surface area contributed by atoms with E-state index in [0.29, 0.717) is 34.3 Å². The molecule has 0 aliphatic rings. The lowest BCUT2D eigenvalue weighted by molar-refractivity contribution is -0.116. The number of amides is 2. The molecule has 190 valence electrons. The molecule has 1 heterocycles. The number of aromatic nitrogens is 2. The Labute approximate surface area is 226 Å². The monoisotopic (exact) mass is 522 g/mol. The van der Waals surface area contributed by atoms with Gasteiger partial charge in [0, 0.05) is 23.7 Å². The third-order valence-corrected chi connectivity index (χ3v) is 6.56. The minimum Gasteiger partial charge on any atom is -0.329 e. The molecule has 0 unspecified atom stereocenters. The van der Waals surface area contributed by atoms with Crippen LogP contribution in [0.25, 0.3) is 27.7 Å². The molecule has 0 radical (unpaired) electrons. The Kier molecular flexibility index (Phi) is 7.52. The molecule has 2 amide bonds. The predicted molar refractivity (Wildman–Crippen MR) is 153 cm³/mol. The minimum atomic E-state index is -0.319. The summed E-state index contributed by atoms with van der Waals surface area (Å²) in [5.74, 6) is -0.0331. The number of para-hydroxylation sites is 1. The van der Waals surface area contributed by atoms with E-state index in [1.807, 2.05) is 104 Å². The van der Waals surface area contributed by atoms with Crippen LogP contribution in [0.5, 0.6) is 0 Å². The molecule has 6 nitrogen and oxygen atoms in total. The van der Waals surface area contributed by atoms with Crippen LogP contribution in [0.3, 0.4) is 0 Å². The van der Waals surface area contributed by atoms with Crippen LogP contribution in [0.15, 0.2) is 103 Å². The fourth-order valence-corrected chi connectivity index (χ4v) is 4.63. The van der Waals surface area contributed by atoms with Crippen molar-refractivity contribution in [2.24, 2.45) is 0 Å². The number of nitrogens with one attached hydrogen (secondary N) is 1. The van der Waals surface area contributed by atoms with Crippen molar-refractivity contribution in [1.82, 2.24) is 14.7 Å². The molecule has 38 heavy (non-hydrogen) atoms. The molecule has 5 rings (SSSR count). The van der Waals surface area contributed by atoms with E-state index in [1.165, 1.54) is 0 Å². The van der Waals surface area contributed by atoms with Crippen molar-refractivity contribution in [2.75, 3.05) is 18.4 Å². The average Bonchev–Trinajstić information content (AvgIpc) is 3.36. The van der Waals surface area contributed by atoms with Crippen LogP contribution in [0.1, 0.15) is 23.7 Å². The highest BCUT2D eigenvalue weighted by Gasteiger charge is 2.21. The van der Waals surface area contributed by atoms with Crippen LogP contribution in [-0.4, -0.2) is 39.6 Å².